The van der Waals surface area contributed by atoms with Gasteiger partial charge < -0.3 is 9.47 Å². The van der Waals surface area contributed by atoms with E-state index in [-0.39, 0.29) is 12.2 Å². The molecule has 0 aliphatic carbocycles. The molecule has 1 saturated heterocycles. The van der Waals surface area contributed by atoms with Crippen molar-refractivity contribution in [1.82, 2.24) is 9.78 Å². The molecule has 1 aromatic heterocycles. The van der Waals surface area contributed by atoms with E-state index in [2.05, 4.69) is 19.9 Å². The van der Waals surface area contributed by atoms with Crippen molar-refractivity contribution in [2.45, 2.75) is 83.3 Å². The quantitative estimate of drug-likeness (QED) is 0.265. The minimum atomic E-state index is -0.127. The number of carbonyl (C=O) groups is 1. The Morgan fingerprint density at radius 3 is 2.94 bits per heavy atom. The van der Waals surface area contributed by atoms with Gasteiger partial charge in [0.05, 0.1) is 29.3 Å². The summed E-state index contributed by atoms with van der Waals surface area (Å²) in [5, 5.41) is 6.40. The number of unbranched alkanes of at least 4 members (excludes halogenated alkanes) is 1. The number of carbonyl (C=O) groups excluding carboxylic acids is 1. The monoisotopic (exact) mass is 466 g/mol. The van der Waals surface area contributed by atoms with Crippen molar-refractivity contribution in [2.24, 2.45) is 5.92 Å². The lowest BCUT2D eigenvalue weighted by Gasteiger charge is -2.23. The molecule has 0 amide bonds. The number of rotatable bonds is 11. The summed E-state index contributed by atoms with van der Waals surface area (Å²) in [6.07, 6.45) is 8.16. The van der Waals surface area contributed by atoms with Gasteiger partial charge in [-0.2, -0.15) is 5.10 Å². The molecule has 172 valence electrons. The summed E-state index contributed by atoms with van der Waals surface area (Å²) in [4.78, 5) is 13.1. The number of hydrogen-bond acceptors (Lipinski definition) is 5. The van der Waals surface area contributed by atoms with Gasteiger partial charge in [0.15, 0.2) is 6.23 Å². The molecule has 1 aromatic carbocycles. The number of ether oxygens (including phenoxy) is 2. The van der Waals surface area contributed by atoms with Crippen LogP contribution in [0.1, 0.15) is 77.1 Å². The third-order valence-electron chi connectivity index (χ3n) is 5.97. The lowest BCUT2D eigenvalue weighted by atomic mass is 10.0. The van der Waals surface area contributed by atoms with E-state index in [1.165, 1.54) is 12.8 Å². The smallest absolute Gasteiger partial charge is 0.306 e. The summed E-state index contributed by atoms with van der Waals surface area (Å²) >= 11 is 8.35. The average molecular weight is 467 g/mol. The summed E-state index contributed by atoms with van der Waals surface area (Å²) in [5.74, 6) is 0.994. The number of hydrogen-bond donors (Lipinski definition) is 0. The van der Waals surface area contributed by atoms with Crippen LogP contribution in [0.15, 0.2) is 17.0 Å². The highest BCUT2D eigenvalue weighted by atomic mass is 35.5. The van der Waals surface area contributed by atoms with E-state index in [1.807, 2.05) is 17.7 Å². The van der Waals surface area contributed by atoms with Crippen LogP contribution in [-0.2, 0) is 14.3 Å². The summed E-state index contributed by atoms with van der Waals surface area (Å²) in [5.41, 5.74) is 1.92. The second-order valence-electron chi connectivity index (χ2n) is 8.32. The Hall–Kier alpha value is -1.24. The predicted molar refractivity (Wildman–Crippen MR) is 128 cm³/mol. The normalized spacial score (nSPS) is 17.7. The van der Waals surface area contributed by atoms with Gasteiger partial charge in [0, 0.05) is 22.6 Å². The van der Waals surface area contributed by atoms with Gasteiger partial charge in [-0.05, 0) is 50.7 Å². The van der Waals surface area contributed by atoms with Gasteiger partial charge >= 0.3 is 5.97 Å². The number of fused-ring (bicyclic) bond motifs is 1. The van der Waals surface area contributed by atoms with E-state index < -0.39 is 0 Å². The van der Waals surface area contributed by atoms with E-state index in [0.29, 0.717) is 29.7 Å². The summed E-state index contributed by atoms with van der Waals surface area (Å²) in [6.45, 7) is 7.65. The fourth-order valence-electron chi connectivity index (χ4n) is 4.02. The van der Waals surface area contributed by atoms with Gasteiger partial charge in [0.2, 0.25) is 0 Å². The highest BCUT2D eigenvalue weighted by Crippen LogP contribution is 2.37. The number of halogens is 1. The Morgan fingerprint density at radius 2 is 2.23 bits per heavy atom. The van der Waals surface area contributed by atoms with Crippen molar-refractivity contribution in [1.29, 1.82) is 0 Å². The molecular weight excluding hydrogens is 432 g/mol. The van der Waals surface area contributed by atoms with Crippen LogP contribution < -0.4 is 0 Å². The molecule has 0 N–H and O–H groups in total. The highest BCUT2D eigenvalue weighted by molar-refractivity contribution is 7.99. The molecule has 5 nitrogen and oxygen atoms in total. The zero-order chi connectivity index (χ0) is 22.2. The molecule has 1 fully saturated rings. The number of esters is 1. The van der Waals surface area contributed by atoms with Crippen LogP contribution in [0, 0.1) is 12.8 Å². The minimum absolute atomic E-state index is 0.0152. The van der Waals surface area contributed by atoms with Crippen molar-refractivity contribution in [3.05, 3.63) is 22.8 Å². The first-order valence-electron chi connectivity index (χ1n) is 11.6. The van der Waals surface area contributed by atoms with Crippen LogP contribution >= 0.6 is 23.4 Å². The highest BCUT2D eigenvalue weighted by Gasteiger charge is 2.22. The van der Waals surface area contributed by atoms with Crippen LogP contribution in [0.3, 0.4) is 0 Å². The maximum atomic E-state index is 12.2. The average Bonchev–Trinajstić information content (AvgIpc) is 3.13. The molecule has 1 aliphatic rings. The third kappa shape index (κ3) is 6.39. The molecular formula is C24H35ClN2O3S. The lowest BCUT2D eigenvalue weighted by molar-refractivity contribution is -0.144. The van der Waals surface area contributed by atoms with Crippen molar-refractivity contribution in [3.8, 4) is 0 Å². The second-order valence-corrected chi connectivity index (χ2v) is 9.84. The van der Waals surface area contributed by atoms with Gasteiger partial charge in [0.25, 0.3) is 0 Å². The van der Waals surface area contributed by atoms with Crippen LogP contribution in [-0.4, -0.2) is 34.7 Å². The van der Waals surface area contributed by atoms with Crippen LogP contribution in [0.4, 0.5) is 0 Å². The van der Waals surface area contributed by atoms with Gasteiger partial charge in [-0.3, -0.25) is 4.79 Å². The van der Waals surface area contributed by atoms with Crippen LogP contribution in [0.25, 0.3) is 10.9 Å². The zero-order valence-corrected chi connectivity index (χ0v) is 20.6. The Balaban J connectivity index is 1.56. The fourth-order valence-corrected chi connectivity index (χ4v) is 5.36. The number of benzene rings is 1. The number of thioether (sulfide) groups is 1. The first-order chi connectivity index (χ1) is 15.0. The molecule has 2 atom stereocenters. The van der Waals surface area contributed by atoms with E-state index in [0.717, 1.165) is 60.2 Å². The molecule has 7 heteroatoms. The van der Waals surface area contributed by atoms with Crippen molar-refractivity contribution in [3.63, 3.8) is 0 Å². The maximum Gasteiger partial charge on any atom is 0.306 e. The molecule has 0 saturated carbocycles. The Morgan fingerprint density at radius 1 is 1.39 bits per heavy atom. The molecule has 2 heterocycles. The third-order valence-corrected chi connectivity index (χ3v) is 7.53. The molecule has 2 unspecified atom stereocenters. The van der Waals surface area contributed by atoms with E-state index >= 15 is 0 Å². The standard InChI is InChI=1S/C24H35ClN2O3S/c1-4-6-9-18(5-2)16-30-22(28)13-15-31-20-12-11-19-23(24(20)25)17(3)26-27(19)21-10-7-8-14-29-21/h11-12,18,21H,4-10,13-16H2,1-3H3. The summed E-state index contributed by atoms with van der Waals surface area (Å²) in [6, 6.07) is 4.10. The predicted octanol–water partition coefficient (Wildman–Crippen LogP) is 6.94. The topological polar surface area (TPSA) is 53.3 Å². The molecule has 0 spiro atoms. The largest absolute Gasteiger partial charge is 0.465 e. The SMILES string of the molecule is CCCCC(CC)COC(=O)CCSc1ccc2c(c(C)nn2C2CCCCO2)c1Cl. The number of aryl methyl sites for hydroxylation is 1. The Bertz CT molecular complexity index is 864. The Labute approximate surface area is 195 Å². The zero-order valence-electron chi connectivity index (χ0n) is 19.0. The summed E-state index contributed by atoms with van der Waals surface area (Å²) in [7, 11) is 0. The van der Waals surface area contributed by atoms with Crippen molar-refractivity contribution < 1.29 is 14.3 Å². The van der Waals surface area contributed by atoms with E-state index in [9.17, 15) is 4.79 Å². The molecule has 0 bridgehead atoms. The van der Waals surface area contributed by atoms with Crippen molar-refractivity contribution >= 4 is 40.2 Å². The lowest BCUT2D eigenvalue weighted by Crippen LogP contribution is -2.19. The van der Waals surface area contributed by atoms with Gasteiger partial charge in [-0.25, -0.2) is 4.68 Å². The second kappa shape index (κ2) is 12.1. The van der Waals surface area contributed by atoms with Gasteiger partial charge in [-0.15, -0.1) is 11.8 Å². The van der Waals surface area contributed by atoms with Crippen LogP contribution in [0.2, 0.25) is 5.02 Å². The fraction of sp³-hybridized carbons (Fsp3) is 0.667. The molecule has 1 aliphatic heterocycles. The molecule has 3 rings (SSSR count). The first-order valence-corrected chi connectivity index (χ1v) is 13.0. The van der Waals surface area contributed by atoms with E-state index in [4.69, 9.17) is 26.2 Å². The number of nitrogens with zero attached hydrogens (tertiary/aromatic N) is 2. The van der Waals surface area contributed by atoms with Crippen LogP contribution in [0.5, 0.6) is 0 Å². The molecule has 2 aromatic rings. The summed E-state index contributed by atoms with van der Waals surface area (Å²) < 4.78 is 13.4. The van der Waals surface area contributed by atoms with Gasteiger partial charge in [0.1, 0.15) is 0 Å². The molecule has 0 radical (unpaired) electrons. The minimum Gasteiger partial charge on any atom is -0.465 e. The first kappa shape index (κ1) is 24.4. The number of aromatic nitrogens is 2. The molecule has 31 heavy (non-hydrogen) atoms. The van der Waals surface area contributed by atoms with Gasteiger partial charge in [-0.1, -0.05) is 44.7 Å². The van der Waals surface area contributed by atoms with Crippen molar-refractivity contribution in [2.75, 3.05) is 19.0 Å². The Kier molecular flexibility index (Phi) is 9.54. The van der Waals surface area contributed by atoms with E-state index in [1.54, 1.807) is 11.8 Å². The maximum absolute atomic E-state index is 12.2.